The van der Waals surface area contributed by atoms with Crippen LogP contribution in [0.25, 0.3) is 0 Å². The van der Waals surface area contributed by atoms with Crippen LogP contribution in [0.1, 0.15) is 19.8 Å². The molecular formula is C9H18N2S2. The molecule has 0 aliphatic carbocycles. The number of nitrogens with one attached hydrogen (secondary N) is 1. The van der Waals surface area contributed by atoms with Crippen molar-refractivity contribution in [2.75, 3.05) is 25.1 Å². The first kappa shape index (κ1) is 11.1. The van der Waals surface area contributed by atoms with Gasteiger partial charge in [-0.05, 0) is 30.8 Å². The molecule has 1 saturated heterocycles. The zero-order valence-electron chi connectivity index (χ0n) is 8.38. The maximum Gasteiger partial charge on any atom is 0.168 e. The summed E-state index contributed by atoms with van der Waals surface area (Å²) in [6.45, 7) is 3.14. The number of nitrogens with zero attached hydrogens (tertiary/aromatic N) is 1. The van der Waals surface area contributed by atoms with Crippen LogP contribution in [-0.2, 0) is 0 Å². The topological polar surface area (TPSA) is 15.3 Å². The summed E-state index contributed by atoms with van der Waals surface area (Å²) in [7, 11) is 2.10. The van der Waals surface area contributed by atoms with Gasteiger partial charge in [-0.1, -0.05) is 6.92 Å². The van der Waals surface area contributed by atoms with E-state index in [0.717, 1.165) is 18.1 Å². The van der Waals surface area contributed by atoms with Crippen molar-refractivity contribution >= 4 is 29.1 Å². The molecule has 0 aromatic heterocycles. The van der Waals surface area contributed by atoms with Gasteiger partial charge in [-0.15, -0.1) is 0 Å². The van der Waals surface area contributed by atoms with Gasteiger partial charge in [-0.3, -0.25) is 0 Å². The quantitative estimate of drug-likeness (QED) is 0.725. The third-order valence-corrected chi connectivity index (χ3v) is 3.88. The zero-order chi connectivity index (χ0) is 9.68. The van der Waals surface area contributed by atoms with E-state index >= 15 is 0 Å². The van der Waals surface area contributed by atoms with Crippen molar-refractivity contribution in [2.45, 2.75) is 25.8 Å². The highest BCUT2D eigenvalue weighted by Gasteiger charge is 2.21. The smallest absolute Gasteiger partial charge is 0.168 e. The maximum atomic E-state index is 5.28. The van der Waals surface area contributed by atoms with Gasteiger partial charge in [0.1, 0.15) is 0 Å². The minimum Gasteiger partial charge on any atom is -0.363 e. The highest BCUT2D eigenvalue weighted by Crippen LogP contribution is 2.21. The molecule has 0 bridgehead atoms. The second-order valence-corrected chi connectivity index (χ2v) is 4.90. The second-order valence-electron chi connectivity index (χ2n) is 3.36. The average molecular weight is 218 g/mol. The average Bonchev–Trinajstić information content (AvgIpc) is 2.65. The number of thiocarbonyl (C=S) groups is 1. The summed E-state index contributed by atoms with van der Waals surface area (Å²) in [4.78, 5) is 2.21. The molecule has 1 atom stereocenters. The number of hydrogen-bond donors (Lipinski definition) is 1. The van der Waals surface area contributed by atoms with E-state index < -0.39 is 0 Å². The van der Waals surface area contributed by atoms with E-state index in [9.17, 15) is 0 Å². The van der Waals surface area contributed by atoms with Crippen LogP contribution >= 0.6 is 24.0 Å². The normalized spacial score (nSPS) is 21.5. The lowest BCUT2D eigenvalue weighted by Gasteiger charge is -2.26. The molecule has 0 amide bonds. The summed E-state index contributed by atoms with van der Waals surface area (Å²) in [6.07, 6.45) is 2.41. The molecule has 1 aliphatic heterocycles. The molecule has 0 spiro atoms. The highest BCUT2D eigenvalue weighted by atomic mass is 32.2. The predicted octanol–water partition coefficient (Wildman–Crippen LogP) is 1.71. The molecule has 13 heavy (non-hydrogen) atoms. The Hall–Kier alpha value is 0.0400. The first-order valence-electron chi connectivity index (χ1n) is 4.84. The molecule has 0 saturated carbocycles. The summed E-state index contributed by atoms with van der Waals surface area (Å²) < 4.78 is 0. The van der Waals surface area contributed by atoms with Crippen molar-refractivity contribution in [1.29, 1.82) is 0 Å². The summed E-state index contributed by atoms with van der Waals surface area (Å²) in [5.41, 5.74) is 0. The van der Waals surface area contributed by atoms with Gasteiger partial charge in [0.25, 0.3) is 0 Å². The van der Waals surface area contributed by atoms with Crippen LogP contribution in [0.5, 0.6) is 0 Å². The molecule has 0 aromatic rings. The van der Waals surface area contributed by atoms with Gasteiger partial charge in [0.15, 0.2) is 5.11 Å². The van der Waals surface area contributed by atoms with Gasteiger partial charge < -0.3 is 10.2 Å². The third-order valence-electron chi connectivity index (χ3n) is 2.30. The number of rotatable bonds is 3. The molecule has 1 heterocycles. The minimum absolute atomic E-state index is 0.654. The molecule has 1 fully saturated rings. The lowest BCUT2D eigenvalue weighted by Crippen LogP contribution is -2.43. The third kappa shape index (κ3) is 3.35. The van der Waals surface area contributed by atoms with E-state index in [1.54, 1.807) is 0 Å². The van der Waals surface area contributed by atoms with Crippen LogP contribution in [0.3, 0.4) is 0 Å². The molecule has 0 aromatic carbocycles. The Morgan fingerprint density at radius 2 is 2.46 bits per heavy atom. The highest BCUT2D eigenvalue weighted by molar-refractivity contribution is 7.99. The fraction of sp³-hybridized carbons (Fsp3) is 0.889. The second kappa shape index (κ2) is 5.70. The van der Waals surface area contributed by atoms with E-state index in [1.165, 1.54) is 17.9 Å². The Labute approximate surface area is 90.4 Å². The molecule has 1 unspecified atom stereocenters. The standard InChI is InChI=1S/C9H18N2S2/c1-3-5-10-9(12)11(2)8-4-6-13-7-8/h8H,3-7H2,1-2H3,(H,10,12). The van der Waals surface area contributed by atoms with Crippen LogP contribution in [0.4, 0.5) is 0 Å². The van der Waals surface area contributed by atoms with E-state index in [1.807, 2.05) is 11.8 Å². The summed E-state index contributed by atoms with van der Waals surface area (Å²) >= 11 is 7.31. The maximum absolute atomic E-state index is 5.28. The van der Waals surface area contributed by atoms with Crippen molar-refractivity contribution in [3.63, 3.8) is 0 Å². The minimum atomic E-state index is 0.654. The number of hydrogen-bond acceptors (Lipinski definition) is 2. The molecule has 1 N–H and O–H groups in total. The number of thioether (sulfide) groups is 1. The van der Waals surface area contributed by atoms with Crippen molar-refractivity contribution in [2.24, 2.45) is 0 Å². The molecule has 1 aliphatic rings. The van der Waals surface area contributed by atoms with Crippen LogP contribution < -0.4 is 5.32 Å². The molecule has 1 rings (SSSR count). The molecular weight excluding hydrogens is 200 g/mol. The molecule has 0 radical (unpaired) electrons. The van der Waals surface area contributed by atoms with Gasteiger partial charge >= 0.3 is 0 Å². The fourth-order valence-electron chi connectivity index (χ4n) is 1.35. The Morgan fingerprint density at radius 3 is 3.00 bits per heavy atom. The van der Waals surface area contributed by atoms with Crippen molar-refractivity contribution in [3.05, 3.63) is 0 Å². The van der Waals surface area contributed by atoms with Gasteiger partial charge in [0, 0.05) is 25.4 Å². The summed E-state index contributed by atoms with van der Waals surface area (Å²) in [5, 5.41) is 4.17. The van der Waals surface area contributed by atoms with Crippen LogP contribution in [0, 0.1) is 0 Å². The van der Waals surface area contributed by atoms with E-state index in [2.05, 4.69) is 24.2 Å². The van der Waals surface area contributed by atoms with Gasteiger partial charge in [0.2, 0.25) is 0 Å². The Balaban J connectivity index is 2.28. The first-order chi connectivity index (χ1) is 6.25. The predicted molar refractivity (Wildman–Crippen MR) is 64.4 cm³/mol. The van der Waals surface area contributed by atoms with Gasteiger partial charge in [0.05, 0.1) is 0 Å². The zero-order valence-corrected chi connectivity index (χ0v) is 10.0. The van der Waals surface area contributed by atoms with Gasteiger partial charge in [-0.2, -0.15) is 11.8 Å². The molecule has 4 heteroatoms. The van der Waals surface area contributed by atoms with E-state index in [4.69, 9.17) is 12.2 Å². The summed E-state index contributed by atoms with van der Waals surface area (Å²) in [6, 6.07) is 0.654. The Bertz CT molecular complexity index is 167. The van der Waals surface area contributed by atoms with Crippen LogP contribution in [-0.4, -0.2) is 41.2 Å². The Morgan fingerprint density at radius 1 is 1.69 bits per heavy atom. The van der Waals surface area contributed by atoms with Crippen molar-refractivity contribution in [1.82, 2.24) is 10.2 Å². The van der Waals surface area contributed by atoms with Crippen LogP contribution in [0.15, 0.2) is 0 Å². The van der Waals surface area contributed by atoms with Crippen molar-refractivity contribution in [3.8, 4) is 0 Å². The Kier molecular flexibility index (Phi) is 4.88. The monoisotopic (exact) mass is 218 g/mol. The van der Waals surface area contributed by atoms with Crippen molar-refractivity contribution < 1.29 is 0 Å². The molecule has 76 valence electrons. The largest absolute Gasteiger partial charge is 0.363 e. The lowest BCUT2D eigenvalue weighted by atomic mass is 10.2. The van der Waals surface area contributed by atoms with E-state index in [0.29, 0.717) is 6.04 Å². The van der Waals surface area contributed by atoms with Gasteiger partial charge in [-0.25, -0.2) is 0 Å². The molecule has 2 nitrogen and oxygen atoms in total. The lowest BCUT2D eigenvalue weighted by molar-refractivity contribution is 0.391. The first-order valence-corrected chi connectivity index (χ1v) is 6.40. The SMILES string of the molecule is CCCNC(=S)N(C)C1CCSC1. The van der Waals surface area contributed by atoms with E-state index in [-0.39, 0.29) is 0 Å². The van der Waals surface area contributed by atoms with Crippen LogP contribution in [0.2, 0.25) is 0 Å². The fourth-order valence-corrected chi connectivity index (χ4v) is 2.87. The summed E-state index contributed by atoms with van der Waals surface area (Å²) in [5.74, 6) is 2.51.